The van der Waals surface area contributed by atoms with Gasteiger partial charge in [-0.25, -0.2) is 0 Å². The molecule has 0 amide bonds. The van der Waals surface area contributed by atoms with E-state index in [0.29, 0.717) is 2.97 Å². The Labute approximate surface area is 49.6 Å². The molecule has 0 saturated carbocycles. The van der Waals surface area contributed by atoms with Crippen molar-refractivity contribution in [2.45, 2.75) is 23.7 Å². The van der Waals surface area contributed by atoms with Crippen LogP contribution in [0.2, 0.25) is 2.97 Å². The average Bonchev–Trinajstić information content (AvgIpc) is 0.722. The summed E-state index contributed by atoms with van der Waals surface area (Å²) in [7, 11) is 0. The third-order valence-electron chi connectivity index (χ3n) is 0. The molecule has 0 saturated heterocycles. The predicted molar refractivity (Wildman–Crippen MR) is 25.5 cm³/mol. The second-order valence-electron chi connectivity index (χ2n) is 2.25. The topological polar surface area (TPSA) is 0 Å². The first-order chi connectivity index (χ1) is 2.00. The van der Waals surface area contributed by atoms with Crippen molar-refractivity contribution < 1.29 is 0 Å². The van der Waals surface area contributed by atoms with E-state index in [-0.39, 0.29) is 0 Å². The molecule has 0 unspecified atom stereocenters. The van der Waals surface area contributed by atoms with Gasteiger partial charge in [-0.15, -0.1) is 0 Å². The van der Waals surface area contributed by atoms with Crippen LogP contribution in [0.5, 0.6) is 0 Å². The molecule has 0 aliphatic rings. The van der Waals surface area contributed by atoms with Gasteiger partial charge in [0.2, 0.25) is 0 Å². The van der Waals surface area contributed by atoms with E-state index in [1.165, 1.54) is 25.8 Å². The summed E-state index contributed by atoms with van der Waals surface area (Å²) in [6.45, 7) is 6.75. The molecular weight excluding hydrogens is 255 g/mol. The molecule has 0 rings (SSSR count). The van der Waals surface area contributed by atoms with Crippen molar-refractivity contribution in [3.05, 3.63) is 0 Å². The van der Waals surface area contributed by atoms with Gasteiger partial charge in [0.15, 0.2) is 0 Å². The zero-order valence-electron chi connectivity index (χ0n) is 4.00. The van der Waals surface area contributed by atoms with Crippen molar-refractivity contribution in [2.24, 2.45) is 0 Å². The van der Waals surface area contributed by atoms with E-state index in [4.69, 9.17) is 0 Å². The summed E-state index contributed by atoms with van der Waals surface area (Å²) >= 11 is 1.31. The standard InChI is InChI=1S/C4H9.Pb/c1-4(2)3;/h1-3H3;. The van der Waals surface area contributed by atoms with E-state index in [2.05, 4.69) is 20.8 Å². The monoisotopic (exact) mass is 265 g/mol. The molecule has 3 radical (unpaired) electrons. The Bertz CT molecular complexity index is 19.1. The molecule has 29 valence electrons. The van der Waals surface area contributed by atoms with Gasteiger partial charge in [-0.2, -0.15) is 0 Å². The normalized spacial score (nSPS) is 12.0. The summed E-state index contributed by atoms with van der Waals surface area (Å²) in [5.41, 5.74) is 0. The average molecular weight is 264 g/mol. The Balaban J connectivity index is 3.02. The Hall–Kier alpha value is 0.922. The zero-order chi connectivity index (χ0) is 4.50. The summed E-state index contributed by atoms with van der Waals surface area (Å²) in [5, 5.41) is 0. The molecule has 0 heterocycles. The van der Waals surface area contributed by atoms with E-state index in [9.17, 15) is 0 Å². The quantitative estimate of drug-likeness (QED) is 0.580. The van der Waals surface area contributed by atoms with Crippen LogP contribution in [-0.2, 0) is 0 Å². The van der Waals surface area contributed by atoms with Crippen LogP contribution in [0.25, 0.3) is 0 Å². The molecule has 0 aromatic rings. The molecule has 0 N–H and O–H groups in total. The summed E-state index contributed by atoms with van der Waals surface area (Å²) < 4.78 is 0.639. The van der Waals surface area contributed by atoms with Crippen molar-refractivity contribution in [3.63, 3.8) is 0 Å². The van der Waals surface area contributed by atoms with Gasteiger partial charge in [-0.1, -0.05) is 0 Å². The zero-order valence-corrected chi connectivity index (χ0v) is 7.89. The molecule has 0 fully saturated rings. The van der Waals surface area contributed by atoms with E-state index >= 15 is 0 Å². The van der Waals surface area contributed by atoms with Gasteiger partial charge in [0.25, 0.3) is 0 Å². The molecule has 0 aliphatic heterocycles. The van der Waals surface area contributed by atoms with Gasteiger partial charge in [-0.05, 0) is 0 Å². The number of hydrogen-bond donors (Lipinski definition) is 0. The fraction of sp³-hybridized carbons (Fsp3) is 1.00. The second kappa shape index (κ2) is 1.58. The summed E-state index contributed by atoms with van der Waals surface area (Å²) in [6.07, 6.45) is 0. The van der Waals surface area contributed by atoms with Gasteiger partial charge in [0.1, 0.15) is 0 Å². The molecule has 0 nitrogen and oxygen atoms in total. The van der Waals surface area contributed by atoms with Gasteiger partial charge in [0, 0.05) is 0 Å². The predicted octanol–water partition coefficient (Wildman–Crippen LogP) is 1.37. The maximum absolute atomic E-state index is 2.25. The van der Waals surface area contributed by atoms with E-state index in [1.807, 2.05) is 0 Å². The molecular formula is C4H9Pb. The number of hydrogen-bond acceptors (Lipinski definition) is 0. The van der Waals surface area contributed by atoms with Crippen LogP contribution in [0.3, 0.4) is 0 Å². The molecule has 5 heavy (non-hydrogen) atoms. The minimum atomic E-state index is 0.639. The van der Waals surface area contributed by atoms with Crippen LogP contribution < -0.4 is 0 Å². The van der Waals surface area contributed by atoms with Crippen LogP contribution in [0.1, 0.15) is 20.8 Å². The van der Waals surface area contributed by atoms with Crippen LogP contribution in [-0.4, -0.2) is 25.8 Å². The molecule has 0 atom stereocenters. The first kappa shape index (κ1) is 5.92. The molecule has 0 bridgehead atoms. The van der Waals surface area contributed by atoms with E-state index < -0.39 is 0 Å². The van der Waals surface area contributed by atoms with Crippen LogP contribution >= 0.6 is 0 Å². The Kier molecular flexibility index (Phi) is 1.87. The van der Waals surface area contributed by atoms with Crippen LogP contribution in [0, 0.1) is 0 Å². The van der Waals surface area contributed by atoms with E-state index in [1.54, 1.807) is 0 Å². The van der Waals surface area contributed by atoms with Crippen molar-refractivity contribution >= 4 is 25.8 Å². The summed E-state index contributed by atoms with van der Waals surface area (Å²) in [4.78, 5) is 0. The van der Waals surface area contributed by atoms with Crippen LogP contribution in [0.4, 0.5) is 0 Å². The van der Waals surface area contributed by atoms with Gasteiger partial charge in [0.05, 0.1) is 0 Å². The third-order valence-corrected chi connectivity index (χ3v) is 0. The Morgan fingerprint density at radius 2 is 1.20 bits per heavy atom. The van der Waals surface area contributed by atoms with Gasteiger partial charge >= 0.3 is 49.5 Å². The fourth-order valence-corrected chi connectivity index (χ4v) is 0. The van der Waals surface area contributed by atoms with Gasteiger partial charge < -0.3 is 0 Å². The third kappa shape index (κ3) is 49.4. The summed E-state index contributed by atoms with van der Waals surface area (Å²) in [5.74, 6) is 0. The first-order valence-electron chi connectivity index (χ1n) is 1.75. The fourth-order valence-electron chi connectivity index (χ4n) is 0. The van der Waals surface area contributed by atoms with Crippen molar-refractivity contribution in [1.82, 2.24) is 0 Å². The molecule has 0 aromatic heterocycles. The second-order valence-corrected chi connectivity index (χ2v) is 8.08. The molecule has 1 heteroatoms. The molecule has 0 spiro atoms. The molecule has 0 aliphatic carbocycles. The van der Waals surface area contributed by atoms with Crippen molar-refractivity contribution in [2.75, 3.05) is 0 Å². The van der Waals surface area contributed by atoms with E-state index in [0.717, 1.165) is 0 Å². The van der Waals surface area contributed by atoms with Crippen LogP contribution in [0.15, 0.2) is 0 Å². The Morgan fingerprint density at radius 3 is 1.20 bits per heavy atom. The number of rotatable bonds is 0. The summed E-state index contributed by atoms with van der Waals surface area (Å²) in [6, 6.07) is 0. The van der Waals surface area contributed by atoms with Crippen molar-refractivity contribution in [1.29, 1.82) is 0 Å². The first-order valence-corrected chi connectivity index (χ1v) is 3.69. The minimum absolute atomic E-state index is 0.639. The Morgan fingerprint density at radius 1 is 1.20 bits per heavy atom. The van der Waals surface area contributed by atoms with Crippen molar-refractivity contribution in [3.8, 4) is 0 Å². The maximum atomic E-state index is 2.25. The molecule has 0 aromatic carbocycles. The van der Waals surface area contributed by atoms with Gasteiger partial charge in [-0.3, -0.25) is 0 Å². The SMILES string of the molecule is C[C](C)(C)[Pb].